The zero-order valence-corrected chi connectivity index (χ0v) is 16.9. The SMILES string of the molecule is CC(C)(C)OC(=O)N1CCN(CCCNc2ccc([N+](=O)[O-])cc2[N+](=O)[O-])CC1. The molecule has 11 nitrogen and oxygen atoms in total. The molecule has 11 heteroatoms. The van der Waals surface area contributed by atoms with Gasteiger partial charge < -0.3 is 15.0 Å². The number of benzene rings is 1. The fourth-order valence-electron chi connectivity index (χ4n) is 2.94. The van der Waals surface area contributed by atoms with Crippen LogP contribution in [-0.4, -0.2) is 70.6 Å². The van der Waals surface area contributed by atoms with Crippen molar-refractivity contribution in [3.63, 3.8) is 0 Å². The van der Waals surface area contributed by atoms with E-state index >= 15 is 0 Å². The quantitative estimate of drug-likeness (QED) is 0.413. The largest absolute Gasteiger partial charge is 0.444 e. The molecule has 0 bridgehead atoms. The van der Waals surface area contributed by atoms with E-state index in [0.29, 0.717) is 19.6 Å². The summed E-state index contributed by atoms with van der Waals surface area (Å²) < 4.78 is 5.37. The van der Waals surface area contributed by atoms with E-state index in [2.05, 4.69) is 10.2 Å². The van der Waals surface area contributed by atoms with Gasteiger partial charge in [0.05, 0.1) is 15.9 Å². The second-order valence-electron chi connectivity index (χ2n) is 7.81. The van der Waals surface area contributed by atoms with Crippen molar-refractivity contribution in [1.29, 1.82) is 0 Å². The Morgan fingerprint density at radius 3 is 2.34 bits per heavy atom. The summed E-state index contributed by atoms with van der Waals surface area (Å²) in [4.78, 5) is 36.6. The second kappa shape index (κ2) is 9.50. The average molecular weight is 409 g/mol. The van der Waals surface area contributed by atoms with Crippen LogP contribution in [0.25, 0.3) is 0 Å². The molecule has 29 heavy (non-hydrogen) atoms. The fraction of sp³-hybridized carbons (Fsp3) is 0.611. The Morgan fingerprint density at radius 2 is 1.79 bits per heavy atom. The molecule has 0 saturated carbocycles. The van der Waals surface area contributed by atoms with Gasteiger partial charge in [0.1, 0.15) is 11.3 Å². The molecule has 1 fully saturated rings. The minimum Gasteiger partial charge on any atom is -0.444 e. The highest BCUT2D eigenvalue weighted by Gasteiger charge is 2.25. The van der Waals surface area contributed by atoms with Crippen LogP contribution in [0.3, 0.4) is 0 Å². The molecule has 1 aliphatic heterocycles. The van der Waals surface area contributed by atoms with Gasteiger partial charge in [-0.2, -0.15) is 0 Å². The third kappa shape index (κ3) is 6.86. The fourth-order valence-corrected chi connectivity index (χ4v) is 2.94. The number of nitro groups is 2. The van der Waals surface area contributed by atoms with Gasteiger partial charge in [-0.05, 0) is 39.8 Å². The number of non-ortho nitro benzene ring substituents is 1. The Morgan fingerprint density at radius 1 is 1.14 bits per heavy atom. The highest BCUT2D eigenvalue weighted by atomic mass is 16.6. The maximum Gasteiger partial charge on any atom is 0.410 e. The Bertz CT molecular complexity index is 756. The molecule has 1 heterocycles. The van der Waals surface area contributed by atoms with Crippen LogP contribution in [0.4, 0.5) is 21.9 Å². The van der Waals surface area contributed by atoms with Gasteiger partial charge in [-0.15, -0.1) is 0 Å². The molecule has 1 aromatic rings. The van der Waals surface area contributed by atoms with E-state index in [9.17, 15) is 25.0 Å². The average Bonchev–Trinajstić information content (AvgIpc) is 2.64. The Balaban J connectivity index is 1.76. The molecule has 1 amide bonds. The number of amides is 1. The van der Waals surface area contributed by atoms with E-state index in [-0.39, 0.29) is 23.2 Å². The van der Waals surface area contributed by atoms with E-state index in [0.717, 1.165) is 32.1 Å². The standard InChI is InChI=1S/C18H27N5O6/c1-18(2,3)29-17(24)21-11-9-20(10-12-21)8-4-7-19-15-6-5-14(22(25)26)13-16(15)23(27)28/h5-6,13,19H,4,7-12H2,1-3H3. The number of nitrogens with zero attached hydrogens (tertiary/aromatic N) is 4. The topological polar surface area (TPSA) is 131 Å². The monoisotopic (exact) mass is 409 g/mol. The Kier molecular flexibility index (Phi) is 7.32. The van der Waals surface area contributed by atoms with Crippen LogP contribution in [0, 0.1) is 20.2 Å². The Hall–Kier alpha value is -2.95. The van der Waals surface area contributed by atoms with E-state index in [1.807, 2.05) is 20.8 Å². The van der Waals surface area contributed by atoms with Gasteiger partial charge in [0, 0.05) is 38.8 Å². The zero-order valence-electron chi connectivity index (χ0n) is 16.9. The van der Waals surface area contributed by atoms with Crippen molar-refractivity contribution >= 4 is 23.2 Å². The minimum absolute atomic E-state index is 0.260. The number of ether oxygens (including phenoxy) is 1. The first-order valence-electron chi connectivity index (χ1n) is 9.44. The van der Waals surface area contributed by atoms with Crippen molar-refractivity contribution < 1.29 is 19.4 Å². The van der Waals surface area contributed by atoms with E-state index in [1.165, 1.54) is 12.1 Å². The van der Waals surface area contributed by atoms with Crippen LogP contribution < -0.4 is 5.32 Å². The number of hydrogen-bond donors (Lipinski definition) is 1. The minimum atomic E-state index is -0.659. The van der Waals surface area contributed by atoms with E-state index in [4.69, 9.17) is 4.74 Å². The van der Waals surface area contributed by atoms with Crippen molar-refractivity contribution in [2.75, 3.05) is 44.6 Å². The van der Waals surface area contributed by atoms with Crippen molar-refractivity contribution in [1.82, 2.24) is 9.80 Å². The van der Waals surface area contributed by atoms with Gasteiger partial charge in [-0.3, -0.25) is 25.1 Å². The number of piperazine rings is 1. The molecule has 1 aliphatic rings. The molecule has 1 aromatic carbocycles. The normalized spacial score (nSPS) is 15.1. The second-order valence-corrected chi connectivity index (χ2v) is 7.81. The van der Waals surface area contributed by atoms with Crippen LogP contribution in [0.1, 0.15) is 27.2 Å². The van der Waals surface area contributed by atoms with Crippen LogP contribution in [0.2, 0.25) is 0 Å². The van der Waals surface area contributed by atoms with E-state index in [1.54, 1.807) is 4.90 Å². The summed E-state index contributed by atoms with van der Waals surface area (Å²) >= 11 is 0. The van der Waals surface area contributed by atoms with Gasteiger partial charge in [-0.1, -0.05) is 0 Å². The third-order valence-corrected chi connectivity index (χ3v) is 4.38. The lowest BCUT2D eigenvalue weighted by Gasteiger charge is -2.35. The zero-order chi connectivity index (χ0) is 21.6. The highest BCUT2D eigenvalue weighted by Crippen LogP contribution is 2.28. The number of nitrogens with one attached hydrogen (secondary N) is 1. The molecule has 0 spiro atoms. The predicted octanol–water partition coefficient (Wildman–Crippen LogP) is 2.86. The van der Waals surface area contributed by atoms with Gasteiger partial charge in [0.2, 0.25) is 0 Å². The van der Waals surface area contributed by atoms with Crippen molar-refractivity contribution in [3.05, 3.63) is 38.4 Å². The van der Waals surface area contributed by atoms with Gasteiger partial charge in [0.25, 0.3) is 11.4 Å². The molecular weight excluding hydrogens is 382 g/mol. The van der Waals surface area contributed by atoms with Crippen molar-refractivity contribution in [3.8, 4) is 0 Å². The predicted molar refractivity (Wildman–Crippen MR) is 107 cm³/mol. The molecule has 1 N–H and O–H groups in total. The lowest BCUT2D eigenvalue weighted by Crippen LogP contribution is -2.50. The smallest absolute Gasteiger partial charge is 0.410 e. The summed E-state index contributed by atoms with van der Waals surface area (Å²) in [5, 5.41) is 24.9. The van der Waals surface area contributed by atoms with Crippen LogP contribution in [0.5, 0.6) is 0 Å². The number of hydrogen-bond acceptors (Lipinski definition) is 8. The first kappa shape index (κ1) is 22.3. The number of carbonyl (C=O) groups is 1. The van der Waals surface area contributed by atoms with Gasteiger partial charge in [0.15, 0.2) is 0 Å². The van der Waals surface area contributed by atoms with E-state index < -0.39 is 15.4 Å². The molecule has 0 radical (unpaired) electrons. The molecule has 1 saturated heterocycles. The van der Waals surface area contributed by atoms with Crippen molar-refractivity contribution in [2.24, 2.45) is 0 Å². The van der Waals surface area contributed by atoms with Crippen LogP contribution >= 0.6 is 0 Å². The molecule has 0 aliphatic carbocycles. The molecule has 0 unspecified atom stereocenters. The summed E-state index contributed by atoms with van der Waals surface area (Å²) in [6.07, 6.45) is 0.435. The van der Waals surface area contributed by atoms with Crippen LogP contribution in [0.15, 0.2) is 18.2 Å². The maximum atomic E-state index is 12.1. The molecule has 0 aromatic heterocycles. The number of rotatable bonds is 7. The first-order chi connectivity index (χ1) is 13.6. The lowest BCUT2D eigenvalue weighted by atomic mass is 10.2. The molecule has 2 rings (SSSR count). The summed E-state index contributed by atoms with van der Waals surface area (Å²) in [6, 6.07) is 3.55. The van der Waals surface area contributed by atoms with Gasteiger partial charge >= 0.3 is 6.09 Å². The summed E-state index contributed by atoms with van der Waals surface area (Å²) in [5.74, 6) is 0. The highest BCUT2D eigenvalue weighted by molar-refractivity contribution is 5.68. The first-order valence-corrected chi connectivity index (χ1v) is 9.44. The summed E-state index contributed by atoms with van der Waals surface area (Å²) in [6.45, 7) is 9.43. The summed E-state index contributed by atoms with van der Waals surface area (Å²) in [5.41, 5.74) is -0.883. The summed E-state index contributed by atoms with van der Waals surface area (Å²) in [7, 11) is 0. The lowest BCUT2D eigenvalue weighted by molar-refractivity contribution is -0.393. The maximum absolute atomic E-state index is 12.1. The van der Waals surface area contributed by atoms with Crippen molar-refractivity contribution in [2.45, 2.75) is 32.8 Å². The third-order valence-electron chi connectivity index (χ3n) is 4.38. The van der Waals surface area contributed by atoms with Gasteiger partial charge in [-0.25, -0.2) is 4.79 Å². The molecule has 160 valence electrons. The molecule has 0 atom stereocenters. The number of anilines is 1. The number of carbonyl (C=O) groups excluding carboxylic acids is 1. The van der Waals surface area contributed by atoms with Crippen LogP contribution in [-0.2, 0) is 4.74 Å². The number of nitro benzene ring substituents is 2. The molecular formula is C18H27N5O6. The Labute approximate surface area is 168 Å².